The number of nitrogens with zero attached hydrogens (tertiary/aromatic N) is 1. The number of anilines is 1. The third kappa shape index (κ3) is 4.56. The lowest BCUT2D eigenvalue weighted by Gasteiger charge is -2.16. The van der Waals surface area contributed by atoms with Gasteiger partial charge in [-0.3, -0.25) is 30.0 Å². The van der Waals surface area contributed by atoms with E-state index in [1.807, 2.05) is 31.2 Å². The Morgan fingerprint density at radius 2 is 1.93 bits per heavy atom. The SMILES string of the molecule is Cc1ccc(N2C[C@H](C(=O)OCC(=O)NNC(=O)c3ccco3)CC2=O)cc1. The highest BCUT2D eigenvalue weighted by Gasteiger charge is 2.36. The minimum atomic E-state index is -0.715. The molecule has 2 aromatic rings. The van der Waals surface area contributed by atoms with Gasteiger partial charge in [-0.15, -0.1) is 0 Å². The molecule has 9 nitrogen and oxygen atoms in total. The van der Waals surface area contributed by atoms with Crippen LogP contribution in [0.3, 0.4) is 0 Å². The van der Waals surface area contributed by atoms with Crippen LogP contribution in [0.15, 0.2) is 47.1 Å². The summed E-state index contributed by atoms with van der Waals surface area (Å²) in [4.78, 5) is 49.2. The van der Waals surface area contributed by atoms with Crippen LogP contribution < -0.4 is 15.8 Å². The maximum Gasteiger partial charge on any atom is 0.311 e. The molecule has 0 spiro atoms. The van der Waals surface area contributed by atoms with Crippen LogP contribution in [0.2, 0.25) is 0 Å². The molecule has 2 heterocycles. The van der Waals surface area contributed by atoms with Gasteiger partial charge in [-0.2, -0.15) is 0 Å². The van der Waals surface area contributed by atoms with E-state index in [0.29, 0.717) is 5.69 Å². The van der Waals surface area contributed by atoms with Crippen LogP contribution in [-0.4, -0.2) is 36.8 Å². The molecule has 146 valence electrons. The summed E-state index contributed by atoms with van der Waals surface area (Å²) in [7, 11) is 0. The van der Waals surface area contributed by atoms with Crippen molar-refractivity contribution < 1.29 is 28.3 Å². The van der Waals surface area contributed by atoms with E-state index in [4.69, 9.17) is 9.15 Å². The number of hydrogen-bond donors (Lipinski definition) is 2. The maximum absolute atomic E-state index is 12.2. The molecule has 1 aromatic heterocycles. The van der Waals surface area contributed by atoms with Gasteiger partial charge >= 0.3 is 11.9 Å². The van der Waals surface area contributed by atoms with Crippen molar-refractivity contribution >= 4 is 29.4 Å². The number of carbonyl (C=O) groups excluding carboxylic acids is 4. The quantitative estimate of drug-likeness (QED) is 0.584. The summed E-state index contributed by atoms with van der Waals surface area (Å²) in [5.41, 5.74) is 6.02. The molecule has 1 fully saturated rings. The second-order valence-corrected chi connectivity index (χ2v) is 6.33. The van der Waals surface area contributed by atoms with Crippen molar-refractivity contribution in [1.82, 2.24) is 10.9 Å². The smallest absolute Gasteiger partial charge is 0.311 e. The number of esters is 1. The van der Waals surface area contributed by atoms with Crippen molar-refractivity contribution in [3.63, 3.8) is 0 Å². The van der Waals surface area contributed by atoms with Crippen molar-refractivity contribution in [2.75, 3.05) is 18.1 Å². The largest absolute Gasteiger partial charge is 0.459 e. The fraction of sp³-hybridized carbons (Fsp3) is 0.263. The molecular weight excluding hydrogens is 366 g/mol. The highest BCUT2D eigenvalue weighted by molar-refractivity contribution is 5.99. The number of rotatable bonds is 5. The summed E-state index contributed by atoms with van der Waals surface area (Å²) in [5.74, 6) is -2.80. The van der Waals surface area contributed by atoms with Crippen molar-refractivity contribution in [3.8, 4) is 0 Å². The summed E-state index contributed by atoms with van der Waals surface area (Å²) >= 11 is 0. The van der Waals surface area contributed by atoms with E-state index in [9.17, 15) is 19.2 Å². The molecule has 1 aliphatic rings. The number of furan rings is 1. The Morgan fingerprint density at radius 3 is 2.61 bits per heavy atom. The molecule has 28 heavy (non-hydrogen) atoms. The number of aryl methyl sites for hydroxylation is 1. The highest BCUT2D eigenvalue weighted by atomic mass is 16.5. The lowest BCUT2D eigenvalue weighted by atomic mass is 10.1. The Bertz CT molecular complexity index is 876. The van der Waals surface area contributed by atoms with Crippen LogP contribution in [0.1, 0.15) is 22.5 Å². The number of amides is 3. The summed E-state index contributed by atoms with van der Waals surface area (Å²) < 4.78 is 9.83. The van der Waals surface area contributed by atoms with Gasteiger partial charge in [-0.1, -0.05) is 17.7 Å². The van der Waals surface area contributed by atoms with Gasteiger partial charge in [-0.05, 0) is 31.2 Å². The number of ether oxygens (including phenoxy) is 1. The van der Waals surface area contributed by atoms with Gasteiger partial charge in [0.2, 0.25) is 5.91 Å². The standard InChI is InChI=1S/C19H19N3O6/c1-12-4-6-14(7-5-12)22-10-13(9-17(22)24)19(26)28-11-16(23)20-21-18(25)15-3-2-8-27-15/h2-8,13H,9-11H2,1H3,(H,20,23)(H,21,25)/t13-/m1/s1. The van der Waals surface area contributed by atoms with Gasteiger partial charge in [0.25, 0.3) is 5.91 Å². The number of hydrazine groups is 1. The van der Waals surface area contributed by atoms with Gasteiger partial charge in [0.05, 0.1) is 12.2 Å². The Morgan fingerprint density at radius 1 is 1.18 bits per heavy atom. The molecule has 1 aromatic carbocycles. The summed E-state index contributed by atoms with van der Waals surface area (Å²) in [6.45, 7) is 1.56. The van der Waals surface area contributed by atoms with Crippen molar-refractivity contribution in [2.24, 2.45) is 5.92 Å². The van der Waals surface area contributed by atoms with Gasteiger partial charge in [-0.25, -0.2) is 0 Å². The van der Waals surface area contributed by atoms with Crippen LogP contribution in [0.25, 0.3) is 0 Å². The molecule has 3 amide bonds. The van der Waals surface area contributed by atoms with E-state index in [1.165, 1.54) is 23.3 Å². The first-order valence-electron chi connectivity index (χ1n) is 8.60. The molecule has 2 N–H and O–H groups in total. The zero-order chi connectivity index (χ0) is 20.1. The van der Waals surface area contributed by atoms with Gasteiger partial charge in [0.1, 0.15) is 0 Å². The van der Waals surface area contributed by atoms with Crippen LogP contribution in [0, 0.1) is 12.8 Å². The molecule has 1 aliphatic heterocycles. The van der Waals surface area contributed by atoms with E-state index < -0.39 is 30.3 Å². The van der Waals surface area contributed by atoms with Crippen molar-refractivity contribution in [3.05, 3.63) is 54.0 Å². The second-order valence-electron chi connectivity index (χ2n) is 6.33. The molecular formula is C19H19N3O6. The first-order valence-corrected chi connectivity index (χ1v) is 8.60. The Balaban J connectivity index is 1.44. The molecule has 1 saturated heterocycles. The zero-order valence-electron chi connectivity index (χ0n) is 15.1. The maximum atomic E-state index is 12.2. The normalized spacial score (nSPS) is 16.0. The summed E-state index contributed by atoms with van der Waals surface area (Å²) in [6.07, 6.45) is 1.34. The fourth-order valence-corrected chi connectivity index (χ4v) is 2.73. The first kappa shape index (κ1) is 19.2. The van der Waals surface area contributed by atoms with E-state index >= 15 is 0 Å². The van der Waals surface area contributed by atoms with E-state index in [2.05, 4.69) is 10.9 Å². The van der Waals surface area contributed by atoms with E-state index in [-0.39, 0.29) is 24.6 Å². The van der Waals surface area contributed by atoms with Crippen LogP contribution in [0.4, 0.5) is 5.69 Å². The lowest BCUT2D eigenvalue weighted by Crippen LogP contribution is -2.43. The molecule has 0 radical (unpaired) electrons. The molecule has 9 heteroatoms. The zero-order valence-corrected chi connectivity index (χ0v) is 15.1. The summed E-state index contributed by atoms with van der Waals surface area (Å²) in [5, 5.41) is 0. The van der Waals surface area contributed by atoms with Crippen molar-refractivity contribution in [1.29, 1.82) is 0 Å². The van der Waals surface area contributed by atoms with Crippen LogP contribution in [0.5, 0.6) is 0 Å². The fourth-order valence-electron chi connectivity index (χ4n) is 2.73. The average Bonchev–Trinajstić information content (AvgIpc) is 3.35. The van der Waals surface area contributed by atoms with Crippen LogP contribution >= 0.6 is 0 Å². The van der Waals surface area contributed by atoms with E-state index in [0.717, 1.165) is 5.56 Å². The Hall–Kier alpha value is -3.62. The number of carbonyl (C=O) groups is 4. The lowest BCUT2D eigenvalue weighted by molar-refractivity contribution is -0.152. The predicted octanol–water partition coefficient (Wildman–Crippen LogP) is 0.945. The monoisotopic (exact) mass is 385 g/mol. The molecule has 0 saturated carbocycles. The topological polar surface area (TPSA) is 118 Å². The minimum absolute atomic E-state index is 0.0174. The van der Waals surface area contributed by atoms with Gasteiger partial charge in [0, 0.05) is 18.7 Å². The first-order chi connectivity index (χ1) is 13.4. The third-order valence-electron chi connectivity index (χ3n) is 4.21. The average molecular weight is 385 g/mol. The molecule has 1 atom stereocenters. The molecule has 0 unspecified atom stereocenters. The number of hydrogen-bond acceptors (Lipinski definition) is 6. The van der Waals surface area contributed by atoms with Gasteiger partial charge < -0.3 is 14.1 Å². The molecule has 3 rings (SSSR count). The number of benzene rings is 1. The minimum Gasteiger partial charge on any atom is -0.459 e. The van der Waals surface area contributed by atoms with Gasteiger partial charge in [0.15, 0.2) is 12.4 Å². The number of nitrogens with one attached hydrogen (secondary N) is 2. The van der Waals surface area contributed by atoms with E-state index in [1.54, 1.807) is 0 Å². The van der Waals surface area contributed by atoms with Crippen molar-refractivity contribution in [2.45, 2.75) is 13.3 Å². The Kier molecular flexibility index (Phi) is 5.73. The molecule has 0 bridgehead atoms. The Labute approximate surface area is 160 Å². The molecule has 0 aliphatic carbocycles. The third-order valence-corrected chi connectivity index (χ3v) is 4.21. The van der Waals surface area contributed by atoms with Crippen LogP contribution in [-0.2, 0) is 19.1 Å². The second kappa shape index (κ2) is 8.38. The highest BCUT2D eigenvalue weighted by Crippen LogP contribution is 2.26. The predicted molar refractivity (Wildman–Crippen MR) is 96.9 cm³/mol. The summed E-state index contributed by atoms with van der Waals surface area (Å²) in [6, 6.07) is 10.4.